The fourth-order valence-corrected chi connectivity index (χ4v) is 2.41. The number of hydrogen-bond donors (Lipinski definition) is 1. The van der Waals surface area contributed by atoms with Gasteiger partial charge >= 0.3 is 0 Å². The number of benzene rings is 1. The van der Waals surface area contributed by atoms with E-state index in [1.54, 1.807) is 0 Å². The average Bonchev–Trinajstić information content (AvgIpc) is 3.04. The first-order chi connectivity index (χ1) is 7.33. The van der Waals surface area contributed by atoms with E-state index in [0.29, 0.717) is 5.92 Å². The monoisotopic (exact) mass is 204 g/mol. The lowest BCUT2D eigenvalue weighted by molar-refractivity contribution is 0.123. The van der Waals surface area contributed by atoms with Gasteiger partial charge in [-0.25, -0.2) is 0 Å². The topological polar surface area (TPSA) is 20.2 Å². The summed E-state index contributed by atoms with van der Waals surface area (Å²) in [6.07, 6.45) is 4.43. The number of aliphatic hydroxyl groups is 1. The molecule has 1 aliphatic carbocycles. The van der Waals surface area contributed by atoms with Gasteiger partial charge in [-0.15, -0.1) is 0 Å². The van der Waals surface area contributed by atoms with Crippen LogP contribution in [0.15, 0.2) is 30.3 Å². The Balaban J connectivity index is 2.12. The molecule has 1 aliphatic rings. The van der Waals surface area contributed by atoms with E-state index in [0.717, 1.165) is 18.8 Å². The number of rotatable bonds is 5. The van der Waals surface area contributed by atoms with Gasteiger partial charge in [0.05, 0.1) is 6.10 Å². The summed E-state index contributed by atoms with van der Waals surface area (Å²) in [7, 11) is 0. The molecule has 1 nitrogen and oxygen atoms in total. The molecule has 1 N–H and O–H groups in total. The van der Waals surface area contributed by atoms with Crippen LogP contribution in [0.3, 0.4) is 0 Å². The molecule has 15 heavy (non-hydrogen) atoms. The molecule has 1 saturated carbocycles. The fraction of sp³-hybridized carbons (Fsp3) is 0.571. The van der Waals surface area contributed by atoms with Gasteiger partial charge in [0.25, 0.3) is 0 Å². The van der Waals surface area contributed by atoms with Crippen LogP contribution in [0, 0.1) is 5.92 Å². The highest BCUT2D eigenvalue weighted by Crippen LogP contribution is 2.45. The number of hydrogen-bond acceptors (Lipinski definition) is 1. The molecule has 0 heterocycles. The van der Waals surface area contributed by atoms with E-state index in [9.17, 15) is 5.11 Å². The summed E-state index contributed by atoms with van der Waals surface area (Å²) in [6, 6.07) is 10.5. The summed E-state index contributed by atoms with van der Waals surface area (Å²) in [4.78, 5) is 0. The zero-order valence-electron chi connectivity index (χ0n) is 9.39. The molecular weight excluding hydrogens is 184 g/mol. The second-order valence-electron chi connectivity index (χ2n) is 4.63. The van der Waals surface area contributed by atoms with Crippen LogP contribution < -0.4 is 0 Å². The van der Waals surface area contributed by atoms with Crippen molar-refractivity contribution in [1.82, 2.24) is 0 Å². The molecule has 1 fully saturated rings. The molecule has 0 spiro atoms. The molecule has 2 unspecified atom stereocenters. The first-order valence-corrected chi connectivity index (χ1v) is 6.06. The van der Waals surface area contributed by atoms with Crippen LogP contribution in [0.1, 0.15) is 44.1 Å². The van der Waals surface area contributed by atoms with Gasteiger partial charge in [0.2, 0.25) is 0 Å². The lowest BCUT2D eigenvalue weighted by Gasteiger charge is -2.22. The highest BCUT2D eigenvalue weighted by molar-refractivity contribution is 5.23. The van der Waals surface area contributed by atoms with Crippen molar-refractivity contribution in [2.24, 2.45) is 5.92 Å². The third-order valence-corrected chi connectivity index (χ3v) is 3.31. The van der Waals surface area contributed by atoms with E-state index in [4.69, 9.17) is 0 Å². The van der Waals surface area contributed by atoms with Gasteiger partial charge in [-0.05, 0) is 30.7 Å². The molecule has 0 amide bonds. The minimum atomic E-state index is -0.148. The first kappa shape index (κ1) is 10.7. The second-order valence-corrected chi connectivity index (χ2v) is 4.63. The molecule has 0 aliphatic heterocycles. The van der Waals surface area contributed by atoms with E-state index in [1.807, 2.05) is 6.07 Å². The average molecular weight is 204 g/mol. The van der Waals surface area contributed by atoms with E-state index in [2.05, 4.69) is 31.2 Å². The van der Waals surface area contributed by atoms with Gasteiger partial charge < -0.3 is 5.11 Å². The summed E-state index contributed by atoms with van der Waals surface area (Å²) < 4.78 is 0. The molecule has 1 heteroatoms. The van der Waals surface area contributed by atoms with Gasteiger partial charge in [0.1, 0.15) is 0 Å². The molecule has 1 aromatic carbocycles. The zero-order chi connectivity index (χ0) is 10.7. The Kier molecular flexibility index (Phi) is 3.42. The molecule has 0 saturated heterocycles. The smallest absolute Gasteiger partial charge is 0.0611 e. The molecule has 2 atom stereocenters. The van der Waals surface area contributed by atoms with Crippen LogP contribution in [0.2, 0.25) is 0 Å². The van der Waals surface area contributed by atoms with Crippen LogP contribution in [0.5, 0.6) is 0 Å². The summed E-state index contributed by atoms with van der Waals surface area (Å²) in [5.74, 6) is 1.11. The maximum atomic E-state index is 10.2. The molecular formula is C14H20O. The van der Waals surface area contributed by atoms with Crippen molar-refractivity contribution in [2.75, 3.05) is 0 Å². The Morgan fingerprint density at radius 2 is 1.93 bits per heavy atom. The minimum absolute atomic E-state index is 0.148. The largest absolute Gasteiger partial charge is 0.392 e. The third-order valence-electron chi connectivity index (χ3n) is 3.31. The standard InChI is InChI=1S/C14H20O/c1-2-6-13(15)14(12-9-10-12)11-7-4-3-5-8-11/h3-5,7-8,12-15H,2,6,9-10H2,1H3. The maximum absolute atomic E-state index is 10.2. The van der Waals surface area contributed by atoms with E-state index in [-0.39, 0.29) is 6.10 Å². The predicted molar refractivity (Wildman–Crippen MR) is 62.8 cm³/mol. The van der Waals surface area contributed by atoms with Gasteiger partial charge in [0.15, 0.2) is 0 Å². The van der Waals surface area contributed by atoms with Crippen LogP contribution in [0.25, 0.3) is 0 Å². The fourth-order valence-electron chi connectivity index (χ4n) is 2.41. The summed E-state index contributed by atoms with van der Waals surface area (Å²) in [5.41, 5.74) is 1.32. The lowest BCUT2D eigenvalue weighted by Crippen LogP contribution is -2.20. The Labute approximate surface area is 92.1 Å². The maximum Gasteiger partial charge on any atom is 0.0611 e. The summed E-state index contributed by atoms with van der Waals surface area (Å²) in [6.45, 7) is 2.14. The van der Waals surface area contributed by atoms with Crippen LogP contribution in [0.4, 0.5) is 0 Å². The van der Waals surface area contributed by atoms with Crippen LogP contribution in [-0.4, -0.2) is 11.2 Å². The van der Waals surface area contributed by atoms with Crippen molar-refractivity contribution >= 4 is 0 Å². The highest BCUT2D eigenvalue weighted by atomic mass is 16.3. The zero-order valence-corrected chi connectivity index (χ0v) is 9.39. The van der Waals surface area contributed by atoms with E-state index >= 15 is 0 Å². The third kappa shape index (κ3) is 2.60. The van der Waals surface area contributed by atoms with Crippen molar-refractivity contribution in [3.8, 4) is 0 Å². The minimum Gasteiger partial charge on any atom is -0.392 e. The van der Waals surface area contributed by atoms with Gasteiger partial charge in [-0.2, -0.15) is 0 Å². The molecule has 2 rings (SSSR count). The Morgan fingerprint density at radius 1 is 1.27 bits per heavy atom. The molecule has 0 bridgehead atoms. The van der Waals surface area contributed by atoms with E-state index < -0.39 is 0 Å². The van der Waals surface area contributed by atoms with Gasteiger partial charge in [-0.1, -0.05) is 43.7 Å². The lowest BCUT2D eigenvalue weighted by atomic mass is 9.87. The Morgan fingerprint density at radius 3 is 2.47 bits per heavy atom. The SMILES string of the molecule is CCCC(O)C(c1ccccc1)C1CC1. The Hall–Kier alpha value is -0.820. The number of aliphatic hydroxyl groups excluding tert-OH is 1. The quantitative estimate of drug-likeness (QED) is 0.780. The van der Waals surface area contributed by atoms with Crippen LogP contribution in [-0.2, 0) is 0 Å². The summed E-state index contributed by atoms with van der Waals surface area (Å²) in [5, 5.41) is 10.2. The van der Waals surface area contributed by atoms with E-state index in [1.165, 1.54) is 18.4 Å². The van der Waals surface area contributed by atoms with Gasteiger partial charge in [0, 0.05) is 5.92 Å². The van der Waals surface area contributed by atoms with Crippen molar-refractivity contribution in [3.63, 3.8) is 0 Å². The Bertz CT molecular complexity index is 289. The molecule has 0 aromatic heterocycles. The first-order valence-electron chi connectivity index (χ1n) is 6.06. The summed E-state index contributed by atoms with van der Waals surface area (Å²) >= 11 is 0. The normalized spacial score (nSPS) is 19.9. The molecule has 82 valence electrons. The van der Waals surface area contributed by atoms with Crippen molar-refractivity contribution in [1.29, 1.82) is 0 Å². The molecule has 1 aromatic rings. The second kappa shape index (κ2) is 4.80. The predicted octanol–water partition coefficient (Wildman–Crippen LogP) is 3.34. The van der Waals surface area contributed by atoms with Gasteiger partial charge in [-0.3, -0.25) is 0 Å². The van der Waals surface area contributed by atoms with Crippen molar-refractivity contribution in [3.05, 3.63) is 35.9 Å². The van der Waals surface area contributed by atoms with Crippen molar-refractivity contribution in [2.45, 2.75) is 44.6 Å². The van der Waals surface area contributed by atoms with Crippen LogP contribution >= 0.6 is 0 Å². The van der Waals surface area contributed by atoms with Crippen molar-refractivity contribution < 1.29 is 5.11 Å². The molecule has 0 radical (unpaired) electrons. The highest BCUT2D eigenvalue weighted by Gasteiger charge is 2.36.